The van der Waals surface area contributed by atoms with E-state index in [9.17, 15) is 0 Å². The van der Waals surface area contributed by atoms with Crippen molar-refractivity contribution in [3.05, 3.63) is 28.8 Å². The van der Waals surface area contributed by atoms with E-state index in [2.05, 4.69) is 0 Å². The molecule has 0 bridgehead atoms. The number of ether oxygens (including phenoxy) is 1. The van der Waals surface area contributed by atoms with Crippen molar-refractivity contribution in [2.45, 2.75) is 20.8 Å². The van der Waals surface area contributed by atoms with Gasteiger partial charge in [-0.1, -0.05) is 31.5 Å². The lowest BCUT2D eigenvalue weighted by molar-refractivity contribution is 0.412. The lowest BCUT2D eigenvalue weighted by Gasteiger charge is -2.02. The van der Waals surface area contributed by atoms with Gasteiger partial charge in [-0.2, -0.15) is 0 Å². The van der Waals surface area contributed by atoms with Crippen molar-refractivity contribution >= 4 is 11.6 Å². The topological polar surface area (TPSA) is 9.23 Å². The molecule has 2 heteroatoms. The van der Waals surface area contributed by atoms with E-state index in [-0.39, 0.29) is 0 Å². The van der Waals surface area contributed by atoms with Gasteiger partial charge in [0, 0.05) is 5.02 Å². The maximum Gasteiger partial charge on any atom is 0.123 e. The second kappa shape index (κ2) is 5.90. The summed E-state index contributed by atoms with van der Waals surface area (Å²) in [4.78, 5) is 0. The predicted octanol–water partition coefficient (Wildman–Crippen LogP) is 3.68. The van der Waals surface area contributed by atoms with E-state index in [1.807, 2.05) is 32.9 Å². The highest BCUT2D eigenvalue weighted by atomic mass is 35.5. The minimum atomic E-state index is 0.711. The Bertz CT molecular complexity index is 233. The predicted molar refractivity (Wildman–Crippen MR) is 54.1 cm³/mol. The molecule has 0 heterocycles. The normalized spacial score (nSPS) is 8.42. The highest BCUT2D eigenvalue weighted by Gasteiger charge is 1.96. The summed E-state index contributed by atoms with van der Waals surface area (Å²) in [6.45, 7) is 5.98. The minimum absolute atomic E-state index is 0.711. The molecule has 0 radical (unpaired) electrons. The van der Waals surface area contributed by atoms with Crippen molar-refractivity contribution < 1.29 is 4.74 Å². The largest absolute Gasteiger partial charge is 0.496 e. The molecule has 0 aliphatic heterocycles. The molecule has 0 aliphatic carbocycles. The van der Waals surface area contributed by atoms with Crippen LogP contribution in [0.2, 0.25) is 5.02 Å². The summed E-state index contributed by atoms with van der Waals surface area (Å²) in [6.07, 6.45) is 0. The van der Waals surface area contributed by atoms with Crippen LogP contribution in [-0.2, 0) is 0 Å². The van der Waals surface area contributed by atoms with Gasteiger partial charge >= 0.3 is 0 Å². The highest BCUT2D eigenvalue weighted by molar-refractivity contribution is 6.30. The SMILES string of the molecule is CC.COc1cc(Cl)ccc1C. The molecular formula is C10H15ClO. The molecule has 0 atom stereocenters. The molecule has 0 spiro atoms. The molecule has 1 nitrogen and oxygen atoms in total. The summed E-state index contributed by atoms with van der Waals surface area (Å²) >= 11 is 5.72. The van der Waals surface area contributed by atoms with Gasteiger partial charge in [0.2, 0.25) is 0 Å². The Morgan fingerprint density at radius 3 is 2.25 bits per heavy atom. The van der Waals surface area contributed by atoms with Gasteiger partial charge in [-0.05, 0) is 24.6 Å². The van der Waals surface area contributed by atoms with Crippen LogP contribution in [-0.4, -0.2) is 7.11 Å². The third kappa shape index (κ3) is 3.14. The summed E-state index contributed by atoms with van der Waals surface area (Å²) in [7, 11) is 1.64. The third-order valence-electron chi connectivity index (χ3n) is 1.37. The zero-order valence-electron chi connectivity index (χ0n) is 8.02. The van der Waals surface area contributed by atoms with E-state index in [1.54, 1.807) is 13.2 Å². The fourth-order valence-corrected chi connectivity index (χ4v) is 0.956. The van der Waals surface area contributed by atoms with Gasteiger partial charge in [0.15, 0.2) is 0 Å². The highest BCUT2D eigenvalue weighted by Crippen LogP contribution is 2.21. The van der Waals surface area contributed by atoms with Crippen LogP contribution in [0.15, 0.2) is 18.2 Å². The second-order valence-corrected chi connectivity index (χ2v) is 2.55. The Morgan fingerprint density at radius 2 is 1.83 bits per heavy atom. The second-order valence-electron chi connectivity index (χ2n) is 2.11. The van der Waals surface area contributed by atoms with Crippen LogP contribution in [0.4, 0.5) is 0 Å². The smallest absolute Gasteiger partial charge is 0.123 e. The number of aryl methyl sites for hydroxylation is 1. The van der Waals surface area contributed by atoms with Crippen LogP contribution in [0.3, 0.4) is 0 Å². The Hall–Kier alpha value is -0.690. The van der Waals surface area contributed by atoms with Crippen molar-refractivity contribution in [3.8, 4) is 5.75 Å². The van der Waals surface area contributed by atoms with E-state index in [0.29, 0.717) is 5.02 Å². The fourth-order valence-electron chi connectivity index (χ4n) is 0.794. The summed E-state index contributed by atoms with van der Waals surface area (Å²) in [6, 6.07) is 5.58. The molecule has 68 valence electrons. The summed E-state index contributed by atoms with van der Waals surface area (Å²) in [5, 5.41) is 0.711. The molecule has 0 N–H and O–H groups in total. The van der Waals surface area contributed by atoms with Gasteiger partial charge in [-0.3, -0.25) is 0 Å². The average molecular weight is 187 g/mol. The van der Waals surface area contributed by atoms with Crippen LogP contribution < -0.4 is 4.74 Å². The van der Waals surface area contributed by atoms with Crippen molar-refractivity contribution in [1.82, 2.24) is 0 Å². The van der Waals surface area contributed by atoms with E-state index in [4.69, 9.17) is 16.3 Å². The first kappa shape index (κ1) is 11.3. The molecule has 1 aromatic carbocycles. The molecule has 0 aromatic heterocycles. The van der Waals surface area contributed by atoms with Crippen molar-refractivity contribution in [2.24, 2.45) is 0 Å². The zero-order valence-corrected chi connectivity index (χ0v) is 8.77. The number of rotatable bonds is 1. The standard InChI is InChI=1S/C8H9ClO.C2H6/c1-6-3-4-7(9)5-8(6)10-2;1-2/h3-5H,1-2H3;1-2H3. The van der Waals surface area contributed by atoms with Gasteiger partial charge < -0.3 is 4.74 Å². The molecule has 0 unspecified atom stereocenters. The van der Waals surface area contributed by atoms with E-state index >= 15 is 0 Å². The maximum atomic E-state index is 5.72. The Balaban J connectivity index is 0.000000561. The first-order valence-corrected chi connectivity index (χ1v) is 4.42. The molecule has 12 heavy (non-hydrogen) atoms. The van der Waals surface area contributed by atoms with Crippen LogP contribution in [0.1, 0.15) is 19.4 Å². The monoisotopic (exact) mass is 186 g/mol. The molecular weight excluding hydrogens is 172 g/mol. The Morgan fingerprint density at radius 1 is 1.25 bits per heavy atom. The minimum Gasteiger partial charge on any atom is -0.496 e. The fraction of sp³-hybridized carbons (Fsp3) is 0.400. The molecule has 1 aromatic rings. The van der Waals surface area contributed by atoms with Crippen molar-refractivity contribution in [1.29, 1.82) is 0 Å². The molecule has 0 amide bonds. The van der Waals surface area contributed by atoms with Crippen molar-refractivity contribution in [2.75, 3.05) is 7.11 Å². The van der Waals surface area contributed by atoms with E-state index in [1.165, 1.54) is 0 Å². The van der Waals surface area contributed by atoms with Gasteiger partial charge in [0.05, 0.1) is 7.11 Å². The van der Waals surface area contributed by atoms with Gasteiger partial charge in [0.25, 0.3) is 0 Å². The lowest BCUT2D eigenvalue weighted by atomic mass is 10.2. The lowest BCUT2D eigenvalue weighted by Crippen LogP contribution is -1.85. The van der Waals surface area contributed by atoms with Crippen LogP contribution in [0.5, 0.6) is 5.75 Å². The summed E-state index contributed by atoms with van der Waals surface area (Å²) in [5.74, 6) is 0.840. The molecule has 0 saturated heterocycles. The van der Waals surface area contributed by atoms with Gasteiger partial charge in [-0.25, -0.2) is 0 Å². The quantitative estimate of drug-likeness (QED) is 0.650. The first-order valence-electron chi connectivity index (χ1n) is 4.04. The molecule has 1 rings (SSSR count). The van der Waals surface area contributed by atoms with Crippen LogP contribution in [0.25, 0.3) is 0 Å². The zero-order chi connectivity index (χ0) is 9.56. The number of hydrogen-bond acceptors (Lipinski definition) is 1. The van der Waals surface area contributed by atoms with Gasteiger partial charge in [-0.15, -0.1) is 0 Å². The van der Waals surface area contributed by atoms with Crippen molar-refractivity contribution in [3.63, 3.8) is 0 Å². The summed E-state index contributed by atoms with van der Waals surface area (Å²) < 4.78 is 5.04. The average Bonchev–Trinajstić information content (AvgIpc) is 2.13. The maximum absolute atomic E-state index is 5.72. The molecule has 0 saturated carbocycles. The first-order chi connectivity index (χ1) is 5.74. The number of benzene rings is 1. The number of halogens is 1. The number of methoxy groups -OCH3 is 1. The summed E-state index contributed by atoms with van der Waals surface area (Å²) in [5.41, 5.74) is 1.10. The van der Waals surface area contributed by atoms with Crippen LogP contribution in [0, 0.1) is 6.92 Å². The Kier molecular flexibility index (Phi) is 5.56. The van der Waals surface area contributed by atoms with Crippen LogP contribution >= 0.6 is 11.6 Å². The Labute approximate surface area is 79.3 Å². The number of hydrogen-bond donors (Lipinski definition) is 0. The molecule has 0 aliphatic rings. The van der Waals surface area contributed by atoms with Gasteiger partial charge in [0.1, 0.15) is 5.75 Å². The third-order valence-corrected chi connectivity index (χ3v) is 1.61. The molecule has 0 fully saturated rings. The van der Waals surface area contributed by atoms with E-state index < -0.39 is 0 Å². The van der Waals surface area contributed by atoms with E-state index in [0.717, 1.165) is 11.3 Å².